The van der Waals surface area contributed by atoms with Gasteiger partial charge in [-0.25, -0.2) is 9.98 Å². The third-order valence-electron chi connectivity index (χ3n) is 2.37. The minimum atomic E-state index is -0.540. The number of aliphatic imine (C=N–C) groups is 1. The van der Waals surface area contributed by atoms with E-state index in [9.17, 15) is 10.1 Å². The molecule has 0 aromatic carbocycles. The van der Waals surface area contributed by atoms with Gasteiger partial charge in [0.25, 0.3) is 0 Å². The van der Waals surface area contributed by atoms with Crippen LogP contribution in [-0.4, -0.2) is 20.9 Å². The molecule has 2 heterocycles. The number of nitrogens with two attached hydrogens (primary N) is 1. The summed E-state index contributed by atoms with van der Waals surface area (Å²) in [5, 5.41) is 13.4. The maximum Gasteiger partial charge on any atom is 0.311 e. The van der Waals surface area contributed by atoms with Crippen LogP contribution in [0.25, 0.3) is 0 Å². The van der Waals surface area contributed by atoms with Crippen LogP contribution >= 0.6 is 0 Å². The summed E-state index contributed by atoms with van der Waals surface area (Å²) in [5.74, 6) is 0.0947. The van der Waals surface area contributed by atoms with Crippen molar-refractivity contribution in [1.82, 2.24) is 9.97 Å². The van der Waals surface area contributed by atoms with Crippen LogP contribution in [0.15, 0.2) is 47.7 Å². The second-order valence-corrected chi connectivity index (χ2v) is 3.78. The van der Waals surface area contributed by atoms with Gasteiger partial charge in [0.15, 0.2) is 5.96 Å². The molecular weight excluding hydrogens is 260 g/mol. The lowest BCUT2D eigenvalue weighted by molar-refractivity contribution is -0.384. The molecule has 0 saturated heterocycles. The van der Waals surface area contributed by atoms with Gasteiger partial charge in [0, 0.05) is 18.5 Å². The first kappa shape index (κ1) is 13.4. The van der Waals surface area contributed by atoms with E-state index in [1.54, 1.807) is 18.3 Å². The van der Waals surface area contributed by atoms with E-state index in [4.69, 9.17) is 5.73 Å². The molecular formula is C12H12N6O2. The number of pyridine rings is 2. The molecule has 0 radical (unpaired) electrons. The van der Waals surface area contributed by atoms with Crippen molar-refractivity contribution in [2.75, 3.05) is 5.32 Å². The van der Waals surface area contributed by atoms with Gasteiger partial charge in [-0.15, -0.1) is 0 Å². The second-order valence-electron chi connectivity index (χ2n) is 3.78. The van der Waals surface area contributed by atoms with Gasteiger partial charge < -0.3 is 11.1 Å². The van der Waals surface area contributed by atoms with Crippen molar-refractivity contribution >= 4 is 17.5 Å². The molecule has 0 aliphatic heterocycles. The minimum Gasteiger partial charge on any atom is -0.370 e. The van der Waals surface area contributed by atoms with E-state index in [0.717, 1.165) is 5.69 Å². The zero-order valence-electron chi connectivity index (χ0n) is 10.4. The van der Waals surface area contributed by atoms with Crippen molar-refractivity contribution < 1.29 is 4.92 Å². The standard InChI is InChI=1S/C12H12N6O2/c13-12(16-8-9-4-1-2-6-14-9)17-11-10(18(19)20)5-3-7-15-11/h1-7H,8H2,(H3,13,15,16,17). The summed E-state index contributed by atoms with van der Waals surface area (Å²) in [6.07, 6.45) is 3.08. The molecule has 2 aromatic heterocycles. The van der Waals surface area contributed by atoms with E-state index in [1.807, 2.05) is 6.07 Å². The molecule has 0 bridgehead atoms. The summed E-state index contributed by atoms with van der Waals surface area (Å²) in [6, 6.07) is 8.25. The first-order chi connectivity index (χ1) is 9.66. The molecule has 0 unspecified atom stereocenters. The Kier molecular flexibility index (Phi) is 4.17. The Morgan fingerprint density at radius 2 is 2.10 bits per heavy atom. The Bertz CT molecular complexity index is 629. The van der Waals surface area contributed by atoms with Crippen molar-refractivity contribution in [2.45, 2.75) is 6.54 Å². The average molecular weight is 272 g/mol. The summed E-state index contributed by atoms with van der Waals surface area (Å²) in [6.45, 7) is 0.278. The number of nitro groups is 1. The molecule has 0 atom stereocenters. The normalized spacial score (nSPS) is 11.1. The van der Waals surface area contributed by atoms with Gasteiger partial charge >= 0.3 is 5.69 Å². The number of nitrogens with one attached hydrogen (secondary N) is 1. The predicted octanol–water partition coefficient (Wildman–Crippen LogP) is 1.31. The van der Waals surface area contributed by atoms with Gasteiger partial charge in [-0.05, 0) is 18.2 Å². The van der Waals surface area contributed by atoms with Crippen LogP contribution in [0, 0.1) is 10.1 Å². The lowest BCUT2D eigenvalue weighted by Gasteiger charge is -2.04. The second kappa shape index (κ2) is 6.23. The number of nitrogens with zero attached hydrogens (tertiary/aromatic N) is 4. The van der Waals surface area contributed by atoms with Crippen LogP contribution in [0.4, 0.5) is 11.5 Å². The number of hydrogen-bond acceptors (Lipinski definition) is 5. The van der Waals surface area contributed by atoms with Crippen molar-refractivity contribution in [3.63, 3.8) is 0 Å². The topological polar surface area (TPSA) is 119 Å². The SMILES string of the molecule is NC(=NCc1ccccn1)Nc1ncccc1[N+](=O)[O-]. The molecule has 0 aliphatic carbocycles. The van der Waals surface area contributed by atoms with Crippen LogP contribution in [0.5, 0.6) is 0 Å². The third-order valence-corrected chi connectivity index (χ3v) is 2.37. The molecule has 2 rings (SSSR count). The highest BCUT2D eigenvalue weighted by molar-refractivity contribution is 5.93. The van der Waals surface area contributed by atoms with Crippen molar-refractivity contribution in [3.05, 3.63) is 58.5 Å². The predicted molar refractivity (Wildman–Crippen MR) is 74.1 cm³/mol. The van der Waals surface area contributed by atoms with Crippen LogP contribution in [0.3, 0.4) is 0 Å². The Morgan fingerprint density at radius 3 is 2.80 bits per heavy atom. The zero-order valence-corrected chi connectivity index (χ0v) is 10.4. The molecule has 0 saturated carbocycles. The number of aromatic nitrogens is 2. The smallest absolute Gasteiger partial charge is 0.311 e. The van der Waals surface area contributed by atoms with Crippen LogP contribution in [0.1, 0.15) is 5.69 Å². The Hall–Kier alpha value is -3.03. The summed E-state index contributed by atoms with van der Waals surface area (Å²) in [4.78, 5) is 22.3. The summed E-state index contributed by atoms with van der Waals surface area (Å²) in [7, 11) is 0. The molecule has 0 spiro atoms. The van der Waals surface area contributed by atoms with E-state index in [1.165, 1.54) is 18.3 Å². The molecule has 8 heteroatoms. The highest BCUT2D eigenvalue weighted by Gasteiger charge is 2.14. The molecule has 102 valence electrons. The number of rotatable bonds is 4. The maximum atomic E-state index is 10.8. The summed E-state index contributed by atoms with van der Waals surface area (Å²) in [5.41, 5.74) is 6.25. The summed E-state index contributed by atoms with van der Waals surface area (Å²) >= 11 is 0. The summed E-state index contributed by atoms with van der Waals surface area (Å²) < 4.78 is 0. The zero-order chi connectivity index (χ0) is 14.4. The first-order valence-electron chi connectivity index (χ1n) is 5.73. The van der Waals surface area contributed by atoms with E-state index in [0.29, 0.717) is 0 Å². The fraction of sp³-hybridized carbons (Fsp3) is 0.0833. The van der Waals surface area contributed by atoms with Gasteiger partial charge in [0.1, 0.15) is 0 Å². The molecule has 0 fully saturated rings. The number of anilines is 1. The van der Waals surface area contributed by atoms with Gasteiger partial charge in [0.05, 0.1) is 17.2 Å². The molecule has 0 amide bonds. The Balaban J connectivity index is 2.08. The minimum absolute atomic E-state index is 0.0393. The highest BCUT2D eigenvalue weighted by atomic mass is 16.6. The van der Waals surface area contributed by atoms with Gasteiger partial charge in [-0.2, -0.15) is 0 Å². The van der Waals surface area contributed by atoms with Crippen molar-refractivity contribution in [3.8, 4) is 0 Å². The largest absolute Gasteiger partial charge is 0.370 e. The van der Waals surface area contributed by atoms with Crippen molar-refractivity contribution in [1.29, 1.82) is 0 Å². The monoisotopic (exact) mass is 272 g/mol. The van der Waals surface area contributed by atoms with E-state index in [2.05, 4.69) is 20.3 Å². The average Bonchev–Trinajstić information content (AvgIpc) is 2.46. The van der Waals surface area contributed by atoms with Gasteiger partial charge in [0.2, 0.25) is 5.82 Å². The van der Waals surface area contributed by atoms with Crippen LogP contribution in [-0.2, 0) is 6.54 Å². The van der Waals surface area contributed by atoms with E-state index < -0.39 is 4.92 Å². The van der Waals surface area contributed by atoms with Crippen LogP contribution in [0.2, 0.25) is 0 Å². The molecule has 2 aromatic rings. The Labute approximate surface area is 114 Å². The fourth-order valence-corrected chi connectivity index (χ4v) is 1.46. The molecule has 3 N–H and O–H groups in total. The lowest BCUT2D eigenvalue weighted by atomic mass is 10.3. The first-order valence-corrected chi connectivity index (χ1v) is 5.73. The van der Waals surface area contributed by atoms with Crippen LogP contribution < -0.4 is 11.1 Å². The molecule has 8 nitrogen and oxygen atoms in total. The maximum absolute atomic E-state index is 10.8. The lowest BCUT2D eigenvalue weighted by Crippen LogP contribution is -2.23. The number of hydrogen-bond donors (Lipinski definition) is 2. The van der Waals surface area contributed by atoms with Crippen molar-refractivity contribution in [2.24, 2.45) is 10.7 Å². The quantitative estimate of drug-likeness (QED) is 0.375. The van der Waals surface area contributed by atoms with Gasteiger partial charge in [-0.3, -0.25) is 15.1 Å². The highest BCUT2D eigenvalue weighted by Crippen LogP contribution is 2.19. The molecule has 20 heavy (non-hydrogen) atoms. The fourth-order valence-electron chi connectivity index (χ4n) is 1.46. The van der Waals surface area contributed by atoms with E-state index >= 15 is 0 Å². The third kappa shape index (κ3) is 3.48. The van der Waals surface area contributed by atoms with Gasteiger partial charge in [-0.1, -0.05) is 6.07 Å². The Morgan fingerprint density at radius 1 is 1.30 bits per heavy atom. The number of guanidine groups is 1. The van der Waals surface area contributed by atoms with E-state index in [-0.39, 0.29) is 24.0 Å². The molecule has 0 aliphatic rings.